The molecule has 0 aromatic heterocycles. The van der Waals surface area contributed by atoms with Crippen LogP contribution < -0.4 is 5.32 Å². The van der Waals surface area contributed by atoms with Crippen molar-refractivity contribution in [3.63, 3.8) is 0 Å². The fourth-order valence-electron chi connectivity index (χ4n) is 3.03. The minimum absolute atomic E-state index is 0.169. The molecule has 0 spiro atoms. The highest BCUT2D eigenvalue weighted by Crippen LogP contribution is 2.53. The van der Waals surface area contributed by atoms with Crippen LogP contribution in [0.3, 0.4) is 0 Å². The minimum atomic E-state index is 0.169. The highest BCUT2D eigenvalue weighted by molar-refractivity contribution is 14.1. The first-order valence-electron chi connectivity index (χ1n) is 6.03. The van der Waals surface area contributed by atoms with E-state index in [0.717, 1.165) is 0 Å². The van der Waals surface area contributed by atoms with Crippen LogP contribution in [-0.4, -0.2) is 9.46 Å². The fourth-order valence-corrected chi connectivity index (χ4v) is 4.17. The van der Waals surface area contributed by atoms with Crippen molar-refractivity contribution in [1.29, 1.82) is 0 Å². The van der Waals surface area contributed by atoms with E-state index in [4.69, 9.17) is 0 Å². The van der Waals surface area contributed by atoms with Crippen molar-refractivity contribution in [2.75, 3.05) is 0 Å². The normalized spacial score (nSPS) is 30.4. The predicted molar refractivity (Wildman–Crippen MR) is 80.9 cm³/mol. The molecule has 2 atom stereocenters. The number of hydrogen-bond acceptors (Lipinski definition) is 1. The van der Waals surface area contributed by atoms with Gasteiger partial charge < -0.3 is 5.32 Å². The summed E-state index contributed by atoms with van der Waals surface area (Å²) in [4.78, 5) is 0. The Balaban J connectivity index is 3.19. The molecule has 16 heavy (non-hydrogen) atoms. The standard InChI is InChI=1S/C14H26IN/c1-9-13(5,6)10(14(7,8)15)11(16-9)12(2,3)4/h10-11,16H,1H2,2-8H3. The third-order valence-electron chi connectivity index (χ3n) is 3.89. The Bertz CT molecular complexity index is 291. The summed E-state index contributed by atoms with van der Waals surface area (Å²) in [5.74, 6) is 0.605. The molecular weight excluding hydrogens is 309 g/mol. The lowest BCUT2D eigenvalue weighted by Gasteiger charge is -2.42. The van der Waals surface area contributed by atoms with Crippen LogP contribution in [0.1, 0.15) is 48.5 Å². The zero-order chi connectivity index (χ0) is 12.9. The summed E-state index contributed by atoms with van der Waals surface area (Å²) in [6.07, 6.45) is 0. The quantitative estimate of drug-likeness (QED) is 0.554. The lowest BCUT2D eigenvalue weighted by Crippen LogP contribution is -2.47. The summed E-state index contributed by atoms with van der Waals surface area (Å²) < 4.78 is 0.269. The molecule has 0 radical (unpaired) electrons. The Kier molecular flexibility index (Phi) is 3.49. The van der Waals surface area contributed by atoms with Crippen molar-refractivity contribution in [3.8, 4) is 0 Å². The molecule has 94 valence electrons. The van der Waals surface area contributed by atoms with E-state index in [1.165, 1.54) is 5.70 Å². The summed E-state index contributed by atoms with van der Waals surface area (Å²) >= 11 is 2.59. The maximum atomic E-state index is 4.22. The second kappa shape index (κ2) is 3.89. The van der Waals surface area contributed by atoms with E-state index in [1.807, 2.05) is 0 Å². The third kappa shape index (κ3) is 2.41. The molecule has 1 aliphatic heterocycles. The van der Waals surface area contributed by atoms with E-state index in [1.54, 1.807) is 0 Å². The Labute approximate surface area is 115 Å². The first kappa shape index (κ1) is 14.3. The molecule has 0 bridgehead atoms. The highest BCUT2D eigenvalue weighted by Gasteiger charge is 2.54. The number of alkyl halides is 1. The Morgan fingerprint density at radius 3 is 1.88 bits per heavy atom. The van der Waals surface area contributed by atoms with Crippen molar-refractivity contribution < 1.29 is 0 Å². The summed E-state index contributed by atoms with van der Waals surface area (Å²) in [5.41, 5.74) is 1.63. The second-order valence-electron chi connectivity index (χ2n) is 7.23. The topological polar surface area (TPSA) is 12.0 Å². The monoisotopic (exact) mass is 335 g/mol. The molecule has 0 aromatic rings. The van der Waals surface area contributed by atoms with Crippen LogP contribution in [0.25, 0.3) is 0 Å². The molecule has 1 N–H and O–H groups in total. The van der Waals surface area contributed by atoms with Gasteiger partial charge in [-0.3, -0.25) is 0 Å². The highest BCUT2D eigenvalue weighted by atomic mass is 127. The van der Waals surface area contributed by atoms with Crippen LogP contribution in [0, 0.1) is 16.7 Å². The van der Waals surface area contributed by atoms with E-state index in [9.17, 15) is 0 Å². The zero-order valence-corrected chi connectivity index (χ0v) is 13.9. The number of nitrogens with one attached hydrogen (secondary N) is 1. The average Bonchev–Trinajstić information content (AvgIpc) is 2.20. The smallest absolute Gasteiger partial charge is 0.0356 e. The van der Waals surface area contributed by atoms with Gasteiger partial charge >= 0.3 is 0 Å². The lowest BCUT2D eigenvalue weighted by molar-refractivity contribution is 0.159. The Morgan fingerprint density at radius 1 is 1.19 bits per heavy atom. The maximum absolute atomic E-state index is 4.22. The van der Waals surface area contributed by atoms with Gasteiger partial charge in [0.1, 0.15) is 0 Å². The molecular formula is C14H26IN. The fraction of sp³-hybridized carbons (Fsp3) is 0.857. The largest absolute Gasteiger partial charge is 0.385 e. The molecule has 2 heteroatoms. The molecule has 2 unspecified atom stereocenters. The molecule has 1 aliphatic rings. The third-order valence-corrected chi connectivity index (χ3v) is 4.56. The van der Waals surface area contributed by atoms with Crippen LogP contribution >= 0.6 is 22.6 Å². The van der Waals surface area contributed by atoms with E-state index >= 15 is 0 Å². The zero-order valence-electron chi connectivity index (χ0n) is 11.7. The van der Waals surface area contributed by atoms with Crippen LogP contribution in [0.5, 0.6) is 0 Å². The Morgan fingerprint density at radius 2 is 1.62 bits per heavy atom. The van der Waals surface area contributed by atoms with Crippen LogP contribution in [0.4, 0.5) is 0 Å². The first-order valence-corrected chi connectivity index (χ1v) is 7.11. The second-order valence-corrected chi connectivity index (χ2v) is 10.0. The van der Waals surface area contributed by atoms with E-state index < -0.39 is 0 Å². The van der Waals surface area contributed by atoms with Gasteiger partial charge in [0.05, 0.1) is 0 Å². The number of hydrogen-bond donors (Lipinski definition) is 1. The molecule has 0 amide bonds. The van der Waals surface area contributed by atoms with Crippen molar-refractivity contribution >= 4 is 22.6 Å². The van der Waals surface area contributed by atoms with Gasteiger partial charge in [-0.15, -0.1) is 0 Å². The molecule has 0 aromatic carbocycles. The van der Waals surface area contributed by atoms with Crippen molar-refractivity contribution in [2.24, 2.45) is 16.7 Å². The van der Waals surface area contributed by atoms with Crippen molar-refractivity contribution in [3.05, 3.63) is 12.3 Å². The summed E-state index contributed by atoms with van der Waals surface area (Å²) in [5, 5.41) is 3.64. The summed E-state index contributed by atoms with van der Waals surface area (Å²) in [6.45, 7) is 20.5. The molecule has 1 heterocycles. The molecule has 0 saturated carbocycles. The predicted octanol–water partition coefficient (Wildman–Crippen LogP) is 4.37. The van der Waals surface area contributed by atoms with E-state index in [-0.39, 0.29) is 14.3 Å². The van der Waals surface area contributed by atoms with Crippen molar-refractivity contribution in [1.82, 2.24) is 5.32 Å². The van der Waals surface area contributed by atoms with E-state index in [2.05, 4.69) is 83.0 Å². The molecule has 1 saturated heterocycles. The molecule has 0 aliphatic carbocycles. The Hall–Kier alpha value is 0.270. The van der Waals surface area contributed by atoms with Gasteiger partial charge in [0.2, 0.25) is 0 Å². The minimum Gasteiger partial charge on any atom is -0.385 e. The number of halogens is 1. The number of allylic oxidation sites excluding steroid dienone is 1. The molecule has 1 rings (SSSR count). The maximum Gasteiger partial charge on any atom is 0.0356 e. The summed E-state index contributed by atoms with van der Waals surface area (Å²) in [6, 6.07) is 0.502. The van der Waals surface area contributed by atoms with Crippen LogP contribution in [0.2, 0.25) is 0 Å². The summed E-state index contributed by atoms with van der Waals surface area (Å²) in [7, 11) is 0. The van der Waals surface area contributed by atoms with Gasteiger partial charge in [-0.25, -0.2) is 0 Å². The van der Waals surface area contributed by atoms with Crippen LogP contribution in [-0.2, 0) is 0 Å². The van der Waals surface area contributed by atoms with Gasteiger partial charge in [-0.1, -0.05) is 77.6 Å². The molecule has 1 nitrogen and oxygen atoms in total. The lowest BCUT2D eigenvalue weighted by atomic mass is 9.66. The van der Waals surface area contributed by atoms with Gasteiger partial charge in [0.15, 0.2) is 0 Å². The van der Waals surface area contributed by atoms with Gasteiger partial charge in [-0.2, -0.15) is 0 Å². The van der Waals surface area contributed by atoms with Crippen molar-refractivity contribution in [2.45, 2.75) is 57.9 Å². The van der Waals surface area contributed by atoms with E-state index in [0.29, 0.717) is 12.0 Å². The van der Waals surface area contributed by atoms with Gasteiger partial charge in [-0.05, 0) is 5.41 Å². The molecule has 1 fully saturated rings. The average molecular weight is 335 g/mol. The van der Waals surface area contributed by atoms with Crippen LogP contribution in [0.15, 0.2) is 12.3 Å². The van der Waals surface area contributed by atoms with Gasteiger partial charge in [0.25, 0.3) is 0 Å². The van der Waals surface area contributed by atoms with Gasteiger partial charge in [0, 0.05) is 26.5 Å². The number of rotatable bonds is 1. The first-order chi connectivity index (χ1) is 6.88. The SMILES string of the molecule is C=C1NC(C(C)(C)C)C(C(C)(C)I)C1(C)C.